The van der Waals surface area contributed by atoms with Crippen LogP contribution in [0.3, 0.4) is 0 Å². The van der Waals surface area contributed by atoms with Gasteiger partial charge < -0.3 is 11.1 Å². The Bertz CT molecular complexity index is 562. The van der Waals surface area contributed by atoms with Crippen LogP contribution in [0.5, 0.6) is 0 Å². The van der Waals surface area contributed by atoms with Crippen molar-refractivity contribution >= 4 is 29.1 Å². The molecule has 0 aliphatic heterocycles. The van der Waals surface area contributed by atoms with Gasteiger partial charge in [-0.1, -0.05) is 17.7 Å². The molecule has 0 saturated heterocycles. The Balaban J connectivity index is 1.94. The van der Waals surface area contributed by atoms with Crippen LogP contribution >= 0.6 is 23.4 Å². The largest absolute Gasteiger partial charge is 0.398 e. The van der Waals surface area contributed by atoms with Gasteiger partial charge in [-0.05, 0) is 43.3 Å². The Morgan fingerprint density at radius 1 is 1.40 bits per heavy atom. The maximum atomic E-state index is 5.99. The zero-order chi connectivity index (χ0) is 14.4. The summed E-state index contributed by atoms with van der Waals surface area (Å²) >= 11 is 7.78. The molecule has 3 N–H and O–H groups in total. The lowest BCUT2D eigenvalue weighted by molar-refractivity contribution is 0.617. The third-order valence-electron chi connectivity index (χ3n) is 3.06. The molecule has 5 heteroatoms. The van der Waals surface area contributed by atoms with E-state index < -0.39 is 0 Å². The first-order chi connectivity index (χ1) is 9.69. The number of nitrogens with zero attached hydrogens (tertiary/aromatic N) is 1. The Kier molecular flexibility index (Phi) is 5.71. The Hall–Kier alpha value is -1.23. The van der Waals surface area contributed by atoms with Crippen molar-refractivity contribution in [3.8, 4) is 0 Å². The van der Waals surface area contributed by atoms with E-state index in [9.17, 15) is 0 Å². The molecule has 0 radical (unpaired) electrons. The van der Waals surface area contributed by atoms with Crippen LogP contribution < -0.4 is 11.1 Å². The fourth-order valence-corrected chi connectivity index (χ4v) is 3.19. The molecule has 0 fully saturated rings. The van der Waals surface area contributed by atoms with Crippen LogP contribution in [0.2, 0.25) is 5.02 Å². The molecule has 2 rings (SSSR count). The summed E-state index contributed by atoms with van der Waals surface area (Å²) in [6.07, 6.45) is 4.42. The third kappa shape index (κ3) is 4.40. The topological polar surface area (TPSA) is 50.9 Å². The van der Waals surface area contributed by atoms with E-state index in [1.54, 1.807) is 18.0 Å². The quantitative estimate of drug-likeness (QED) is 0.804. The van der Waals surface area contributed by atoms with E-state index >= 15 is 0 Å². The fourth-order valence-electron chi connectivity index (χ4n) is 1.87. The molecule has 3 nitrogen and oxygen atoms in total. The molecule has 1 atom stereocenters. The second-order valence-electron chi connectivity index (χ2n) is 4.53. The van der Waals surface area contributed by atoms with Crippen molar-refractivity contribution in [2.45, 2.75) is 17.4 Å². The van der Waals surface area contributed by atoms with Gasteiger partial charge in [0, 0.05) is 39.8 Å². The molecule has 106 valence electrons. The van der Waals surface area contributed by atoms with Gasteiger partial charge in [0.25, 0.3) is 0 Å². The molecule has 20 heavy (non-hydrogen) atoms. The van der Waals surface area contributed by atoms with E-state index in [-0.39, 0.29) is 0 Å². The van der Waals surface area contributed by atoms with Gasteiger partial charge in [-0.25, -0.2) is 0 Å². The first-order valence-corrected chi connectivity index (χ1v) is 7.79. The number of hydrogen-bond acceptors (Lipinski definition) is 4. The number of nitrogen functional groups attached to an aromatic ring is 1. The number of hydrogen-bond donors (Lipinski definition) is 2. The van der Waals surface area contributed by atoms with Gasteiger partial charge in [0.05, 0.1) is 0 Å². The maximum Gasteiger partial charge on any atom is 0.0417 e. The number of pyridine rings is 1. The minimum Gasteiger partial charge on any atom is -0.398 e. The number of thioether (sulfide) groups is 1. The van der Waals surface area contributed by atoms with Crippen LogP contribution in [0.1, 0.15) is 5.56 Å². The summed E-state index contributed by atoms with van der Waals surface area (Å²) in [5, 5.41) is 4.10. The summed E-state index contributed by atoms with van der Waals surface area (Å²) < 4.78 is 0. The van der Waals surface area contributed by atoms with E-state index in [1.807, 2.05) is 37.5 Å². The molecular formula is C15H18ClN3S. The standard InChI is InChI=1S/C15H18ClN3S/c1-18-13(7-11-9-19-6-5-15(11)17)10-20-14-4-2-3-12(16)8-14/h2-6,8-9,13,18H,7,10H2,1H3,(H2,17,19). The number of aromatic nitrogens is 1. The van der Waals surface area contributed by atoms with Crippen LogP contribution in [0.25, 0.3) is 0 Å². The van der Waals surface area contributed by atoms with E-state index in [0.717, 1.165) is 28.4 Å². The predicted molar refractivity (Wildman–Crippen MR) is 87.4 cm³/mol. The monoisotopic (exact) mass is 307 g/mol. The second kappa shape index (κ2) is 7.53. The van der Waals surface area contributed by atoms with Gasteiger partial charge in [0.15, 0.2) is 0 Å². The highest BCUT2D eigenvalue weighted by atomic mass is 35.5. The number of benzene rings is 1. The SMILES string of the molecule is CNC(CSc1cccc(Cl)c1)Cc1cnccc1N. The Morgan fingerprint density at radius 3 is 2.95 bits per heavy atom. The fraction of sp³-hybridized carbons (Fsp3) is 0.267. The number of nitrogens with two attached hydrogens (primary N) is 1. The van der Waals surface area contributed by atoms with Gasteiger partial charge >= 0.3 is 0 Å². The van der Waals surface area contributed by atoms with Crippen LogP contribution in [0, 0.1) is 0 Å². The Morgan fingerprint density at radius 2 is 2.25 bits per heavy atom. The molecular weight excluding hydrogens is 290 g/mol. The summed E-state index contributed by atoms with van der Waals surface area (Å²) in [4.78, 5) is 5.31. The molecule has 2 aromatic rings. The van der Waals surface area contributed by atoms with Crippen molar-refractivity contribution in [2.24, 2.45) is 0 Å². The number of nitrogens with one attached hydrogen (secondary N) is 1. The van der Waals surface area contributed by atoms with Crippen LogP contribution in [-0.2, 0) is 6.42 Å². The molecule has 0 bridgehead atoms. The van der Waals surface area contributed by atoms with Crippen LogP contribution in [-0.4, -0.2) is 23.8 Å². The summed E-state index contributed by atoms with van der Waals surface area (Å²) in [6.45, 7) is 0. The zero-order valence-corrected chi connectivity index (χ0v) is 12.9. The highest BCUT2D eigenvalue weighted by Gasteiger charge is 2.10. The van der Waals surface area contributed by atoms with Crippen molar-refractivity contribution in [2.75, 3.05) is 18.5 Å². The van der Waals surface area contributed by atoms with Gasteiger partial charge in [-0.15, -0.1) is 11.8 Å². The van der Waals surface area contributed by atoms with Gasteiger partial charge in [-0.2, -0.15) is 0 Å². The molecule has 1 aromatic heterocycles. The highest BCUT2D eigenvalue weighted by Crippen LogP contribution is 2.23. The average molecular weight is 308 g/mol. The number of anilines is 1. The van der Waals surface area contributed by atoms with E-state index in [4.69, 9.17) is 17.3 Å². The van der Waals surface area contributed by atoms with Gasteiger partial charge in [-0.3, -0.25) is 4.98 Å². The van der Waals surface area contributed by atoms with Crippen LogP contribution in [0.4, 0.5) is 5.69 Å². The smallest absolute Gasteiger partial charge is 0.0417 e. The first kappa shape index (κ1) is 15.2. The summed E-state index contributed by atoms with van der Waals surface area (Å²) in [5.74, 6) is 0.950. The van der Waals surface area contributed by atoms with Crippen molar-refractivity contribution in [1.82, 2.24) is 10.3 Å². The molecule has 0 aliphatic carbocycles. The highest BCUT2D eigenvalue weighted by molar-refractivity contribution is 7.99. The summed E-state index contributed by atoms with van der Waals surface area (Å²) in [6, 6.07) is 10.1. The van der Waals surface area contributed by atoms with E-state index in [2.05, 4.69) is 16.4 Å². The lowest BCUT2D eigenvalue weighted by Crippen LogP contribution is -2.30. The van der Waals surface area contributed by atoms with Crippen molar-refractivity contribution in [3.05, 3.63) is 53.3 Å². The van der Waals surface area contributed by atoms with Crippen molar-refractivity contribution < 1.29 is 0 Å². The normalized spacial score (nSPS) is 12.3. The van der Waals surface area contributed by atoms with E-state index in [0.29, 0.717) is 6.04 Å². The number of rotatable bonds is 6. The zero-order valence-electron chi connectivity index (χ0n) is 11.3. The summed E-state index contributed by atoms with van der Waals surface area (Å²) in [7, 11) is 1.97. The molecule has 0 aliphatic rings. The predicted octanol–water partition coefficient (Wildman–Crippen LogP) is 3.24. The lowest BCUT2D eigenvalue weighted by Gasteiger charge is -2.16. The molecule has 1 heterocycles. The second-order valence-corrected chi connectivity index (χ2v) is 6.06. The minimum absolute atomic E-state index is 0.338. The first-order valence-electron chi connectivity index (χ1n) is 6.43. The maximum absolute atomic E-state index is 5.99. The van der Waals surface area contributed by atoms with Gasteiger partial charge in [0.2, 0.25) is 0 Å². The lowest BCUT2D eigenvalue weighted by atomic mass is 10.1. The molecule has 1 unspecified atom stereocenters. The molecule has 0 spiro atoms. The van der Waals surface area contributed by atoms with Gasteiger partial charge in [0.1, 0.15) is 0 Å². The van der Waals surface area contributed by atoms with Crippen molar-refractivity contribution in [1.29, 1.82) is 0 Å². The molecule has 1 aromatic carbocycles. The molecule has 0 saturated carbocycles. The Labute approximate surface area is 128 Å². The minimum atomic E-state index is 0.338. The third-order valence-corrected chi connectivity index (χ3v) is 4.45. The average Bonchev–Trinajstić information content (AvgIpc) is 2.45. The number of likely N-dealkylation sites (N-methyl/N-ethyl adjacent to an activating group) is 1. The van der Waals surface area contributed by atoms with E-state index in [1.165, 1.54) is 4.90 Å². The van der Waals surface area contributed by atoms with Crippen LogP contribution in [0.15, 0.2) is 47.6 Å². The molecule has 0 amide bonds. The number of halogens is 1. The summed E-state index contributed by atoms with van der Waals surface area (Å²) in [5.41, 5.74) is 7.84. The van der Waals surface area contributed by atoms with Crippen molar-refractivity contribution in [3.63, 3.8) is 0 Å².